The SMILES string of the molecule is COc1ccccc1OC(C)CNC(=O)C1CCCCN1C. The molecule has 1 fully saturated rings. The number of piperidine rings is 1. The van der Waals surface area contributed by atoms with Gasteiger partial charge < -0.3 is 14.8 Å². The van der Waals surface area contributed by atoms with Crippen molar-refractivity contribution in [2.45, 2.75) is 38.3 Å². The number of hydrogen-bond acceptors (Lipinski definition) is 4. The van der Waals surface area contributed by atoms with Crippen molar-refractivity contribution in [2.24, 2.45) is 0 Å². The van der Waals surface area contributed by atoms with Crippen LogP contribution in [0.5, 0.6) is 11.5 Å². The van der Waals surface area contributed by atoms with E-state index >= 15 is 0 Å². The van der Waals surface area contributed by atoms with E-state index in [2.05, 4.69) is 10.2 Å². The summed E-state index contributed by atoms with van der Waals surface area (Å²) >= 11 is 0. The molecule has 122 valence electrons. The number of para-hydroxylation sites is 2. The van der Waals surface area contributed by atoms with E-state index in [1.807, 2.05) is 38.2 Å². The Balaban J connectivity index is 1.82. The molecule has 2 atom stereocenters. The van der Waals surface area contributed by atoms with Gasteiger partial charge in [0, 0.05) is 0 Å². The van der Waals surface area contributed by atoms with Gasteiger partial charge in [-0.15, -0.1) is 0 Å². The predicted molar refractivity (Wildman–Crippen MR) is 86.4 cm³/mol. The second kappa shape index (κ2) is 8.03. The molecule has 1 heterocycles. The van der Waals surface area contributed by atoms with Gasteiger partial charge in [-0.05, 0) is 45.5 Å². The third-order valence-electron chi connectivity index (χ3n) is 4.03. The molecule has 0 aromatic heterocycles. The van der Waals surface area contributed by atoms with E-state index in [9.17, 15) is 4.79 Å². The molecule has 2 rings (SSSR count). The summed E-state index contributed by atoms with van der Waals surface area (Å²) in [5.41, 5.74) is 0. The van der Waals surface area contributed by atoms with Crippen molar-refractivity contribution in [1.82, 2.24) is 10.2 Å². The first-order chi connectivity index (χ1) is 10.6. The molecule has 5 heteroatoms. The van der Waals surface area contributed by atoms with Crippen molar-refractivity contribution in [2.75, 3.05) is 27.2 Å². The topological polar surface area (TPSA) is 50.8 Å². The largest absolute Gasteiger partial charge is 0.493 e. The summed E-state index contributed by atoms with van der Waals surface area (Å²) in [6, 6.07) is 7.52. The molecule has 2 unspecified atom stereocenters. The maximum atomic E-state index is 12.3. The zero-order valence-electron chi connectivity index (χ0n) is 13.7. The zero-order valence-corrected chi connectivity index (χ0v) is 13.7. The Bertz CT molecular complexity index is 493. The maximum absolute atomic E-state index is 12.3. The monoisotopic (exact) mass is 306 g/mol. The number of hydrogen-bond donors (Lipinski definition) is 1. The molecule has 22 heavy (non-hydrogen) atoms. The van der Waals surface area contributed by atoms with E-state index in [0.717, 1.165) is 19.4 Å². The smallest absolute Gasteiger partial charge is 0.237 e. The highest BCUT2D eigenvalue weighted by Gasteiger charge is 2.25. The number of ether oxygens (including phenoxy) is 2. The summed E-state index contributed by atoms with van der Waals surface area (Å²) in [4.78, 5) is 14.4. The predicted octanol–water partition coefficient (Wildman–Crippen LogP) is 2.06. The fraction of sp³-hybridized carbons (Fsp3) is 0.588. The number of methoxy groups -OCH3 is 1. The molecule has 0 radical (unpaired) electrons. The number of carbonyl (C=O) groups is 1. The first-order valence-electron chi connectivity index (χ1n) is 7.89. The van der Waals surface area contributed by atoms with Gasteiger partial charge in [0.05, 0.1) is 19.7 Å². The lowest BCUT2D eigenvalue weighted by molar-refractivity contribution is -0.127. The summed E-state index contributed by atoms with van der Waals surface area (Å²) in [6.07, 6.45) is 3.11. The molecule has 0 aliphatic carbocycles. The molecular weight excluding hydrogens is 280 g/mol. The summed E-state index contributed by atoms with van der Waals surface area (Å²) in [5.74, 6) is 1.49. The Morgan fingerprint density at radius 1 is 1.36 bits per heavy atom. The number of carbonyl (C=O) groups excluding carboxylic acids is 1. The minimum absolute atomic E-state index is 0.00721. The van der Waals surface area contributed by atoms with Gasteiger partial charge in [-0.2, -0.15) is 0 Å². The standard InChI is InChI=1S/C17H26N2O3/c1-13(22-16-10-5-4-9-15(16)21-3)12-18-17(20)14-8-6-7-11-19(14)2/h4-5,9-10,13-14H,6-8,11-12H2,1-3H3,(H,18,20). The lowest BCUT2D eigenvalue weighted by Gasteiger charge is -2.31. The number of benzene rings is 1. The molecule has 0 bridgehead atoms. The summed E-state index contributed by atoms with van der Waals surface area (Å²) in [7, 11) is 3.63. The Labute approximate surface area is 132 Å². The molecule has 1 aliphatic heterocycles. The van der Waals surface area contributed by atoms with Crippen molar-refractivity contribution >= 4 is 5.91 Å². The van der Waals surface area contributed by atoms with Gasteiger partial charge in [0.2, 0.25) is 5.91 Å². The van der Waals surface area contributed by atoms with E-state index in [1.54, 1.807) is 7.11 Å². The van der Waals surface area contributed by atoms with Crippen LogP contribution in [0.3, 0.4) is 0 Å². The third-order valence-corrected chi connectivity index (χ3v) is 4.03. The van der Waals surface area contributed by atoms with Gasteiger partial charge in [-0.1, -0.05) is 18.6 Å². The van der Waals surface area contributed by atoms with Crippen LogP contribution < -0.4 is 14.8 Å². The summed E-state index contributed by atoms with van der Waals surface area (Å²) in [6.45, 7) is 3.42. The normalized spacial score (nSPS) is 20.2. The highest BCUT2D eigenvalue weighted by atomic mass is 16.5. The Hall–Kier alpha value is -1.75. The Morgan fingerprint density at radius 2 is 2.09 bits per heavy atom. The minimum Gasteiger partial charge on any atom is -0.493 e. The number of nitrogens with one attached hydrogen (secondary N) is 1. The second-order valence-electron chi connectivity index (χ2n) is 5.82. The molecule has 0 saturated carbocycles. The van der Waals surface area contributed by atoms with Crippen molar-refractivity contribution in [3.63, 3.8) is 0 Å². The molecule has 0 spiro atoms. The quantitative estimate of drug-likeness (QED) is 0.874. The van der Waals surface area contributed by atoms with Crippen LogP contribution in [0, 0.1) is 0 Å². The van der Waals surface area contributed by atoms with Crippen LogP contribution in [0.2, 0.25) is 0 Å². The molecule has 1 saturated heterocycles. The van der Waals surface area contributed by atoms with Gasteiger partial charge in [0.1, 0.15) is 6.10 Å². The lowest BCUT2D eigenvalue weighted by Crippen LogP contribution is -2.49. The van der Waals surface area contributed by atoms with E-state index in [1.165, 1.54) is 6.42 Å². The van der Waals surface area contributed by atoms with Gasteiger partial charge in [-0.25, -0.2) is 0 Å². The Morgan fingerprint density at radius 3 is 2.77 bits per heavy atom. The van der Waals surface area contributed by atoms with Crippen LogP contribution in [-0.4, -0.2) is 50.2 Å². The number of amides is 1. The minimum atomic E-state index is -0.117. The summed E-state index contributed by atoms with van der Waals surface area (Å²) in [5, 5.41) is 2.99. The number of likely N-dealkylation sites (N-methyl/N-ethyl adjacent to an activating group) is 1. The molecule has 1 amide bonds. The number of nitrogens with zero attached hydrogens (tertiary/aromatic N) is 1. The maximum Gasteiger partial charge on any atom is 0.237 e. The van der Waals surface area contributed by atoms with Crippen LogP contribution in [0.4, 0.5) is 0 Å². The molecule has 1 aliphatic rings. The third kappa shape index (κ3) is 4.37. The Kier molecular flexibility index (Phi) is 6.07. The van der Waals surface area contributed by atoms with E-state index in [4.69, 9.17) is 9.47 Å². The average molecular weight is 306 g/mol. The van der Waals surface area contributed by atoms with Crippen molar-refractivity contribution < 1.29 is 14.3 Å². The average Bonchev–Trinajstić information content (AvgIpc) is 2.53. The van der Waals surface area contributed by atoms with E-state index < -0.39 is 0 Å². The van der Waals surface area contributed by atoms with Crippen LogP contribution >= 0.6 is 0 Å². The van der Waals surface area contributed by atoms with E-state index in [0.29, 0.717) is 18.0 Å². The molecular formula is C17H26N2O3. The van der Waals surface area contributed by atoms with Crippen LogP contribution in [-0.2, 0) is 4.79 Å². The van der Waals surface area contributed by atoms with Gasteiger partial charge >= 0.3 is 0 Å². The molecule has 1 aromatic carbocycles. The fourth-order valence-corrected chi connectivity index (χ4v) is 2.74. The van der Waals surface area contributed by atoms with Gasteiger partial charge in [0.25, 0.3) is 0 Å². The highest BCUT2D eigenvalue weighted by Crippen LogP contribution is 2.26. The van der Waals surface area contributed by atoms with Crippen LogP contribution in [0.25, 0.3) is 0 Å². The first kappa shape index (κ1) is 16.6. The first-order valence-corrected chi connectivity index (χ1v) is 7.89. The van der Waals surface area contributed by atoms with Crippen LogP contribution in [0.15, 0.2) is 24.3 Å². The molecule has 1 aromatic rings. The number of rotatable bonds is 6. The van der Waals surface area contributed by atoms with Crippen molar-refractivity contribution in [3.8, 4) is 11.5 Å². The number of likely N-dealkylation sites (tertiary alicyclic amines) is 1. The van der Waals surface area contributed by atoms with Crippen molar-refractivity contribution in [1.29, 1.82) is 0 Å². The van der Waals surface area contributed by atoms with Gasteiger partial charge in [-0.3, -0.25) is 9.69 Å². The molecule has 1 N–H and O–H groups in total. The zero-order chi connectivity index (χ0) is 15.9. The second-order valence-corrected chi connectivity index (χ2v) is 5.82. The lowest BCUT2D eigenvalue weighted by atomic mass is 10.0. The summed E-state index contributed by atoms with van der Waals surface area (Å²) < 4.78 is 11.1. The van der Waals surface area contributed by atoms with Crippen molar-refractivity contribution in [3.05, 3.63) is 24.3 Å². The van der Waals surface area contributed by atoms with Crippen LogP contribution in [0.1, 0.15) is 26.2 Å². The molecule has 5 nitrogen and oxygen atoms in total. The fourth-order valence-electron chi connectivity index (χ4n) is 2.74. The van der Waals surface area contributed by atoms with E-state index in [-0.39, 0.29) is 18.1 Å². The van der Waals surface area contributed by atoms with Gasteiger partial charge in [0.15, 0.2) is 11.5 Å². The highest BCUT2D eigenvalue weighted by molar-refractivity contribution is 5.81.